The van der Waals surface area contributed by atoms with Gasteiger partial charge in [0, 0.05) is 17.7 Å². The van der Waals surface area contributed by atoms with Crippen molar-refractivity contribution in [2.24, 2.45) is 0 Å². The van der Waals surface area contributed by atoms with Crippen LogP contribution in [0.2, 0.25) is 0 Å². The summed E-state index contributed by atoms with van der Waals surface area (Å²) in [5.74, 6) is 0.449. The molecule has 0 bridgehead atoms. The Balaban J connectivity index is 0.00000480. The number of ether oxygens (including phenoxy) is 2. The summed E-state index contributed by atoms with van der Waals surface area (Å²) in [5, 5.41) is 0.280. The molecular formula is C20H18F6LiO3P. The van der Waals surface area contributed by atoms with Gasteiger partial charge >= 0.3 is 31.2 Å². The van der Waals surface area contributed by atoms with Gasteiger partial charge in [0.25, 0.3) is 0 Å². The first kappa shape index (κ1) is 27.5. The number of alkyl halides is 6. The average Bonchev–Trinajstić information content (AvgIpc) is 2.65. The first-order chi connectivity index (χ1) is 13.9. The number of benzene rings is 2. The largest absolute Gasteiger partial charge is 1.00 e. The van der Waals surface area contributed by atoms with Gasteiger partial charge in [0.15, 0.2) is 0 Å². The quantitative estimate of drug-likeness (QED) is 0.264. The number of hydrogen-bond acceptors (Lipinski definition) is 3. The van der Waals surface area contributed by atoms with Crippen molar-refractivity contribution in [2.75, 3.05) is 19.8 Å². The third-order valence-electron chi connectivity index (χ3n) is 3.98. The van der Waals surface area contributed by atoms with E-state index < -0.39 is 34.6 Å². The van der Waals surface area contributed by atoms with E-state index in [0.717, 1.165) is 0 Å². The van der Waals surface area contributed by atoms with Crippen LogP contribution in [0.5, 0.6) is 5.75 Å². The van der Waals surface area contributed by atoms with Crippen molar-refractivity contribution >= 4 is 19.4 Å². The number of hydrogen-bond donors (Lipinski definition) is 0. The Labute approximate surface area is 189 Å². The minimum Gasteiger partial charge on any atom is -0.491 e. The van der Waals surface area contributed by atoms with Crippen molar-refractivity contribution in [2.45, 2.75) is 26.2 Å². The zero-order chi connectivity index (χ0) is 22.5. The summed E-state index contributed by atoms with van der Waals surface area (Å²) in [6.07, 6.45) is -10.2. The van der Waals surface area contributed by atoms with Gasteiger partial charge in [-0.1, -0.05) is 17.7 Å². The van der Waals surface area contributed by atoms with Crippen molar-refractivity contribution in [3.63, 3.8) is 0 Å². The van der Waals surface area contributed by atoms with Gasteiger partial charge in [-0.25, -0.2) is 0 Å². The summed E-state index contributed by atoms with van der Waals surface area (Å²) in [7, 11) is -0.305. The molecule has 3 nitrogen and oxygen atoms in total. The second-order valence-electron chi connectivity index (χ2n) is 6.13. The Morgan fingerprint density at radius 2 is 1.55 bits per heavy atom. The summed E-state index contributed by atoms with van der Waals surface area (Å²) in [6.45, 7) is 4.59. The fourth-order valence-electron chi connectivity index (χ4n) is 2.63. The topological polar surface area (TPSA) is 35.5 Å². The van der Waals surface area contributed by atoms with E-state index in [1.807, 2.05) is 6.92 Å². The molecule has 2 aromatic carbocycles. The molecule has 2 rings (SSSR count). The van der Waals surface area contributed by atoms with Crippen LogP contribution in [0.15, 0.2) is 36.4 Å². The fraction of sp³-hybridized carbons (Fsp3) is 0.350. The standard InChI is InChI=1S/C20H18F6O3P.Li/c1-3-28-9-10-29-13-7-8-16(12(2)11-13)30-18(27)17-14(19(21,22)23)5-4-6-15(17)20(24,25)26;/h4-8,11H,3,9-10H2,1-2H3;/q-1;+1. The van der Waals surface area contributed by atoms with Gasteiger partial charge < -0.3 is 22.8 Å². The Bertz CT molecular complexity index is 867. The maximum Gasteiger partial charge on any atom is 1.00 e. The molecule has 0 aliphatic heterocycles. The minimum atomic E-state index is -5.10. The van der Waals surface area contributed by atoms with E-state index in [-0.39, 0.29) is 39.4 Å². The number of rotatable bonds is 8. The van der Waals surface area contributed by atoms with Crippen molar-refractivity contribution in [1.29, 1.82) is 0 Å². The molecule has 0 unspecified atom stereocenters. The van der Waals surface area contributed by atoms with Crippen LogP contribution in [0, 0.1) is 6.92 Å². The predicted octanol–water partition coefficient (Wildman–Crippen LogP) is 2.86. The van der Waals surface area contributed by atoms with E-state index in [1.54, 1.807) is 13.0 Å². The van der Waals surface area contributed by atoms with Gasteiger partial charge in [0.2, 0.25) is 0 Å². The van der Waals surface area contributed by atoms with Gasteiger partial charge in [-0.15, -0.1) is 0 Å². The first-order valence-electron chi connectivity index (χ1n) is 8.79. The molecule has 0 atom stereocenters. The fourth-order valence-corrected chi connectivity index (χ4v) is 3.59. The molecule has 0 radical (unpaired) electrons. The van der Waals surface area contributed by atoms with Gasteiger partial charge in [-0.2, -0.15) is 31.6 Å². The zero-order valence-corrected chi connectivity index (χ0v) is 17.9. The maximum absolute atomic E-state index is 13.3. The van der Waals surface area contributed by atoms with Crippen LogP contribution in [0.1, 0.15) is 34.0 Å². The third-order valence-corrected chi connectivity index (χ3v) is 5.15. The Kier molecular flexibility index (Phi) is 10.1. The molecule has 0 fully saturated rings. The molecule has 0 amide bonds. The van der Waals surface area contributed by atoms with Crippen LogP contribution in [0.25, 0.3) is 0 Å². The molecular weight excluding hydrogens is 440 g/mol. The van der Waals surface area contributed by atoms with Crippen molar-refractivity contribution in [3.8, 4) is 5.75 Å². The van der Waals surface area contributed by atoms with Crippen LogP contribution in [-0.2, 0) is 17.1 Å². The summed E-state index contributed by atoms with van der Waals surface area (Å²) in [4.78, 5) is 12.6. The number of carbonyl (C=O) groups excluding carboxylic acids is 1. The number of carbonyl (C=O) groups is 1. The van der Waals surface area contributed by atoms with Gasteiger partial charge in [-0.3, -0.25) is 0 Å². The van der Waals surface area contributed by atoms with Crippen molar-refractivity contribution in [3.05, 3.63) is 58.7 Å². The van der Waals surface area contributed by atoms with Gasteiger partial charge in [-0.05, 0) is 38.1 Å². The van der Waals surface area contributed by atoms with E-state index in [0.29, 0.717) is 42.7 Å². The molecule has 0 saturated heterocycles. The normalized spacial score (nSPS) is 12.1. The molecule has 0 aliphatic rings. The second kappa shape index (κ2) is 11.4. The van der Waals surface area contributed by atoms with Crippen LogP contribution in [-0.4, -0.2) is 25.3 Å². The average molecular weight is 458 g/mol. The summed E-state index contributed by atoms with van der Waals surface area (Å²) >= 11 is 0. The molecule has 0 saturated carbocycles. The molecule has 0 N–H and O–H groups in total. The summed E-state index contributed by atoms with van der Waals surface area (Å²) in [5.41, 5.74) is -5.39. The van der Waals surface area contributed by atoms with Crippen molar-refractivity contribution in [1.82, 2.24) is 0 Å². The zero-order valence-electron chi connectivity index (χ0n) is 17.0. The Morgan fingerprint density at radius 1 is 0.968 bits per heavy atom. The van der Waals surface area contributed by atoms with Gasteiger partial charge in [0.05, 0.1) is 17.7 Å². The molecule has 0 heterocycles. The van der Waals surface area contributed by atoms with E-state index in [9.17, 15) is 31.1 Å². The molecule has 11 heteroatoms. The monoisotopic (exact) mass is 458 g/mol. The van der Waals surface area contributed by atoms with E-state index in [4.69, 9.17) is 9.47 Å². The molecule has 0 spiro atoms. The summed E-state index contributed by atoms with van der Waals surface area (Å²) in [6, 6.07) is 6.07. The van der Waals surface area contributed by atoms with E-state index >= 15 is 0 Å². The maximum atomic E-state index is 13.3. The first-order valence-corrected chi connectivity index (χ1v) is 9.69. The second-order valence-corrected chi connectivity index (χ2v) is 7.25. The van der Waals surface area contributed by atoms with Crippen LogP contribution < -0.4 is 28.9 Å². The number of aryl methyl sites for hydroxylation is 1. The van der Waals surface area contributed by atoms with Crippen molar-refractivity contribution < 1.29 is 59.5 Å². The third kappa shape index (κ3) is 7.53. The van der Waals surface area contributed by atoms with Crippen LogP contribution >= 0.6 is 8.58 Å². The Morgan fingerprint density at radius 3 is 2.03 bits per heavy atom. The Hall–Kier alpha value is -1.52. The number of halogens is 6. The van der Waals surface area contributed by atoms with Gasteiger partial charge in [0.1, 0.15) is 12.4 Å². The summed E-state index contributed by atoms with van der Waals surface area (Å²) < 4.78 is 90.2. The SMILES string of the molecule is CCOCCOc1ccc([P-]C(=O)c2c(C(F)(F)F)cccc2C(F)(F)F)c(C)c1.[Li+]. The molecule has 2 aromatic rings. The molecule has 164 valence electrons. The predicted molar refractivity (Wildman–Crippen MR) is 100 cm³/mol. The molecule has 31 heavy (non-hydrogen) atoms. The molecule has 0 aliphatic carbocycles. The van der Waals surface area contributed by atoms with E-state index in [2.05, 4.69) is 0 Å². The van der Waals surface area contributed by atoms with Crippen LogP contribution in [0.4, 0.5) is 26.3 Å². The molecule has 0 aromatic heterocycles. The minimum absolute atomic E-state index is 0. The van der Waals surface area contributed by atoms with E-state index in [1.165, 1.54) is 12.1 Å². The smallest absolute Gasteiger partial charge is 0.491 e. The van der Waals surface area contributed by atoms with Crippen LogP contribution in [0.3, 0.4) is 0 Å².